The first-order valence-electron chi connectivity index (χ1n) is 9.22. The summed E-state index contributed by atoms with van der Waals surface area (Å²) in [5.74, 6) is 0.520. The maximum atomic E-state index is 12.3. The fourth-order valence-electron chi connectivity index (χ4n) is 4.62. The van der Waals surface area contributed by atoms with E-state index in [2.05, 4.69) is 14.8 Å². The Labute approximate surface area is 153 Å². The third-order valence-corrected chi connectivity index (χ3v) is 6.04. The third kappa shape index (κ3) is 3.17. The molecule has 0 bridgehead atoms. The lowest BCUT2D eigenvalue weighted by Gasteiger charge is -2.29. The number of carbonyl (C=O) groups is 1. The summed E-state index contributed by atoms with van der Waals surface area (Å²) in [7, 11) is 2.00. The molecular weight excluding hydrogens is 332 g/mol. The van der Waals surface area contributed by atoms with Crippen LogP contribution in [0.2, 0.25) is 0 Å². The van der Waals surface area contributed by atoms with Crippen LogP contribution in [0, 0.1) is 11.3 Å². The number of hydrogen-bond donors (Lipinski definition) is 1. The van der Waals surface area contributed by atoms with Gasteiger partial charge in [0.05, 0.1) is 24.5 Å². The Morgan fingerprint density at radius 3 is 2.92 bits per heavy atom. The van der Waals surface area contributed by atoms with E-state index < -0.39 is 11.4 Å². The minimum atomic E-state index is -0.643. The van der Waals surface area contributed by atoms with Gasteiger partial charge in [-0.25, -0.2) is 4.98 Å². The van der Waals surface area contributed by atoms with Crippen LogP contribution < -0.4 is 0 Å². The van der Waals surface area contributed by atoms with Crippen molar-refractivity contribution in [3.05, 3.63) is 42.4 Å². The summed E-state index contributed by atoms with van der Waals surface area (Å²) in [6.45, 7) is 4.70. The fraction of sp³-hybridized carbons (Fsp3) is 0.579. The molecule has 0 saturated carbocycles. The lowest BCUT2D eigenvalue weighted by Crippen LogP contribution is -2.41. The van der Waals surface area contributed by atoms with E-state index in [1.165, 1.54) is 0 Å². The SMILES string of the molecule is Cn1ccnc1CN1CCC[C@@]2(C(=O)O)CN(Cc3ccoc3)C[C@H]2C1. The summed E-state index contributed by atoms with van der Waals surface area (Å²) in [6.07, 6.45) is 8.84. The van der Waals surface area contributed by atoms with Gasteiger partial charge in [0.15, 0.2) is 0 Å². The molecule has 0 amide bonds. The second-order valence-electron chi connectivity index (χ2n) is 7.75. The van der Waals surface area contributed by atoms with Gasteiger partial charge >= 0.3 is 5.97 Å². The van der Waals surface area contributed by atoms with Crippen LogP contribution in [-0.4, -0.2) is 56.6 Å². The van der Waals surface area contributed by atoms with Crippen molar-refractivity contribution in [1.82, 2.24) is 19.4 Å². The predicted molar refractivity (Wildman–Crippen MR) is 95.3 cm³/mol. The van der Waals surface area contributed by atoms with Crippen LogP contribution in [0.25, 0.3) is 0 Å². The smallest absolute Gasteiger partial charge is 0.311 e. The molecule has 2 saturated heterocycles. The third-order valence-electron chi connectivity index (χ3n) is 6.04. The van der Waals surface area contributed by atoms with Crippen LogP contribution in [0.5, 0.6) is 0 Å². The number of hydrogen-bond acceptors (Lipinski definition) is 5. The Morgan fingerprint density at radius 2 is 2.23 bits per heavy atom. The molecule has 2 aromatic heterocycles. The average molecular weight is 358 g/mol. The number of imidazole rings is 1. The molecule has 0 aromatic carbocycles. The molecule has 2 atom stereocenters. The van der Waals surface area contributed by atoms with E-state index in [1.807, 2.05) is 30.1 Å². The quantitative estimate of drug-likeness (QED) is 0.879. The number of aromatic nitrogens is 2. The molecule has 0 radical (unpaired) electrons. The van der Waals surface area contributed by atoms with Crippen molar-refractivity contribution in [2.24, 2.45) is 18.4 Å². The molecule has 26 heavy (non-hydrogen) atoms. The number of carboxylic acids is 1. The van der Waals surface area contributed by atoms with E-state index >= 15 is 0 Å². The van der Waals surface area contributed by atoms with Crippen LogP contribution in [0.15, 0.2) is 35.4 Å². The number of rotatable bonds is 5. The Morgan fingerprint density at radius 1 is 1.38 bits per heavy atom. The Hall–Kier alpha value is -2.12. The van der Waals surface area contributed by atoms with E-state index in [0.717, 1.165) is 57.0 Å². The number of aliphatic carboxylic acids is 1. The second kappa shape index (κ2) is 6.89. The summed E-state index contributed by atoms with van der Waals surface area (Å²) in [4.78, 5) is 21.3. The van der Waals surface area contributed by atoms with Crippen molar-refractivity contribution in [2.45, 2.75) is 25.9 Å². The molecule has 0 aliphatic carbocycles. The number of fused-ring (bicyclic) bond motifs is 1. The lowest BCUT2D eigenvalue weighted by atomic mass is 9.75. The van der Waals surface area contributed by atoms with Gasteiger partial charge in [-0.3, -0.25) is 14.6 Å². The number of aryl methyl sites for hydroxylation is 1. The van der Waals surface area contributed by atoms with Crippen LogP contribution >= 0.6 is 0 Å². The van der Waals surface area contributed by atoms with Crippen LogP contribution in [0.4, 0.5) is 0 Å². The van der Waals surface area contributed by atoms with Crippen molar-refractivity contribution in [3.63, 3.8) is 0 Å². The largest absolute Gasteiger partial charge is 0.481 e. The van der Waals surface area contributed by atoms with Crippen molar-refractivity contribution < 1.29 is 14.3 Å². The van der Waals surface area contributed by atoms with Gasteiger partial charge in [0.1, 0.15) is 5.82 Å². The van der Waals surface area contributed by atoms with Crippen molar-refractivity contribution in [2.75, 3.05) is 26.2 Å². The summed E-state index contributed by atoms with van der Waals surface area (Å²) in [6, 6.07) is 1.95. The zero-order valence-corrected chi connectivity index (χ0v) is 15.2. The van der Waals surface area contributed by atoms with Gasteiger partial charge in [-0.15, -0.1) is 0 Å². The Bertz CT molecular complexity index is 757. The summed E-state index contributed by atoms with van der Waals surface area (Å²) in [5.41, 5.74) is 0.465. The zero-order chi connectivity index (χ0) is 18.1. The monoisotopic (exact) mass is 358 g/mol. The maximum Gasteiger partial charge on any atom is 0.311 e. The maximum absolute atomic E-state index is 12.3. The summed E-state index contributed by atoms with van der Waals surface area (Å²) in [5, 5.41) is 10.1. The van der Waals surface area contributed by atoms with E-state index in [-0.39, 0.29) is 5.92 Å². The lowest BCUT2D eigenvalue weighted by molar-refractivity contribution is -0.151. The molecule has 2 aromatic rings. The molecule has 2 fully saturated rings. The minimum Gasteiger partial charge on any atom is -0.481 e. The van der Waals surface area contributed by atoms with Crippen molar-refractivity contribution in [3.8, 4) is 0 Å². The Kier molecular flexibility index (Phi) is 4.58. The van der Waals surface area contributed by atoms with Gasteiger partial charge in [0, 0.05) is 57.1 Å². The highest BCUT2D eigenvalue weighted by Crippen LogP contribution is 2.43. The molecule has 2 aliphatic rings. The minimum absolute atomic E-state index is 0.134. The molecule has 7 nitrogen and oxygen atoms in total. The number of likely N-dealkylation sites (tertiary alicyclic amines) is 2. The number of nitrogens with zero attached hydrogens (tertiary/aromatic N) is 4. The predicted octanol–water partition coefficient (Wildman–Crippen LogP) is 1.81. The standard InChI is InChI=1S/C19H26N4O3/c1-21-7-5-20-17(21)12-22-6-2-4-19(18(24)25)14-23(11-16(19)10-22)9-15-3-8-26-13-15/h3,5,7-8,13,16H,2,4,6,9-12,14H2,1H3,(H,24,25)/t16-,19-/m1/s1. The van der Waals surface area contributed by atoms with E-state index in [9.17, 15) is 9.90 Å². The van der Waals surface area contributed by atoms with Gasteiger partial charge in [-0.1, -0.05) is 0 Å². The van der Waals surface area contributed by atoms with Crippen molar-refractivity contribution >= 4 is 5.97 Å². The molecule has 4 rings (SSSR count). The molecule has 4 heterocycles. The van der Waals surface area contributed by atoms with E-state index in [0.29, 0.717) is 6.54 Å². The summed E-state index contributed by atoms with van der Waals surface area (Å²) < 4.78 is 7.20. The highest BCUT2D eigenvalue weighted by atomic mass is 16.4. The molecule has 0 unspecified atom stereocenters. The first-order valence-corrected chi connectivity index (χ1v) is 9.22. The van der Waals surface area contributed by atoms with E-state index in [4.69, 9.17) is 4.42 Å². The van der Waals surface area contributed by atoms with Gasteiger partial charge in [-0.2, -0.15) is 0 Å². The van der Waals surface area contributed by atoms with Crippen LogP contribution in [0.1, 0.15) is 24.2 Å². The molecule has 1 N–H and O–H groups in total. The second-order valence-corrected chi connectivity index (χ2v) is 7.75. The highest BCUT2D eigenvalue weighted by Gasteiger charge is 2.53. The number of furan rings is 1. The van der Waals surface area contributed by atoms with Crippen molar-refractivity contribution in [1.29, 1.82) is 0 Å². The van der Waals surface area contributed by atoms with Crippen LogP contribution in [0.3, 0.4) is 0 Å². The number of carboxylic acid groups (broad SMARTS) is 1. The molecule has 7 heteroatoms. The first kappa shape index (κ1) is 17.3. The fourth-order valence-corrected chi connectivity index (χ4v) is 4.62. The normalized spacial score (nSPS) is 27.3. The van der Waals surface area contributed by atoms with E-state index in [1.54, 1.807) is 12.5 Å². The van der Waals surface area contributed by atoms with Gasteiger partial charge in [0.25, 0.3) is 0 Å². The molecular formula is C19H26N4O3. The van der Waals surface area contributed by atoms with Gasteiger partial charge in [-0.05, 0) is 25.5 Å². The van der Waals surface area contributed by atoms with Gasteiger partial charge in [0.2, 0.25) is 0 Å². The van der Waals surface area contributed by atoms with Gasteiger partial charge < -0.3 is 14.1 Å². The highest BCUT2D eigenvalue weighted by molar-refractivity contribution is 5.76. The first-order chi connectivity index (χ1) is 12.6. The molecule has 0 spiro atoms. The molecule has 2 aliphatic heterocycles. The average Bonchev–Trinajstić information content (AvgIpc) is 3.29. The van der Waals surface area contributed by atoms with Crippen LogP contribution in [-0.2, 0) is 24.9 Å². The summed E-state index contributed by atoms with van der Waals surface area (Å²) >= 11 is 0. The zero-order valence-electron chi connectivity index (χ0n) is 15.2. The molecule has 140 valence electrons. The Balaban J connectivity index is 1.50. The topological polar surface area (TPSA) is 74.7 Å².